The van der Waals surface area contributed by atoms with Gasteiger partial charge in [0.1, 0.15) is 11.9 Å². The largest absolute Gasteiger partial charge is 0.484 e. The lowest BCUT2D eigenvalue weighted by Crippen LogP contribution is -2.04. The number of rotatable bonds is 4. The van der Waals surface area contributed by atoms with Crippen molar-refractivity contribution in [3.05, 3.63) is 113 Å². The lowest BCUT2D eigenvalue weighted by atomic mass is 9.95. The molecule has 0 amide bonds. The zero-order chi connectivity index (χ0) is 17.1. The van der Waals surface area contributed by atoms with Gasteiger partial charge in [-0.05, 0) is 5.56 Å². The van der Waals surface area contributed by atoms with Gasteiger partial charge in [-0.2, -0.15) is 0 Å². The van der Waals surface area contributed by atoms with Gasteiger partial charge in [-0.15, -0.1) is 0 Å². The molecule has 0 spiro atoms. The second kappa shape index (κ2) is 6.78. The fourth-order valence-corrected chi connectivity index (χ4v) is 3.18. The van der Waals surface area contributed by atoms with Crippen LogP contribution in [0, 0.1) is 0 Å². The summed E-state index contributed by atoms with van der Waals surface area (Å²) in [7, 11) is 0. The van der Waals surface area contributed by atoms with E-state index in [2.05, 4.69) is 0 Å². The molecule has 0 saturated heterocycles. The number of ketones is 1. The van der Waals surface area contributed by atoms with E-state index in [9.17, 15) is 4.79 Å². The van der Waals surface area contributed by atoms with Crippen molar-refractivity contribution in [3.8, 4) is 0 Å². The van der Waals surface area contributed by atoms with Crippen LogP contribution in [0.25, 0.3) is 5.76 Å². The molecule has 4 rings (SSSR count). The maximum absolute atomic E-state index is 13.1. The summed E-state index contributed by atoms with van der Waals surface area (Å²) in [5.74, 6) is 0.737. The number of Topliss-reactive ketones (excluding diaryl/α,β-unsaturated/α-hetero) is 1. The molecule has 1 unspecified atom stereocenters. The molecule has 0 radical (unpaired) electrons. The summed E-state index contributed by atoms with van der Waals surface area (Å²) in [4.78, 5) is 13.1. The maximum atomic E-state index is 13.1. The molecule has 122 valence electrons. The van der Waals surface area contributed by atoms with Gasteiger partial charge in [0.25, 0.3) is 0 Å². The predicted octanol–water partition coefficient (Wildman–Crippen LogP) is 5.44. The maximum Gasteiger partial charge on any atom is 0.192 e. The fraction of sp³-hybridized carbons (Fsp3) is 0.0870. The van der Waals surface area contributed by atoms with E-state index < -0.39 is 0 Å². The Labute approximate surface area is 147 Å². The van der Waals surface area contributed by atoms with E-state index in [4.69, 9.17) is 4.74 Å². The van der Waals surface area contributed by atoms with Gasteiger partial charge >= 0.3 is 0 Å². The first-order valence-corrected chi connectivity index (χ1v) is 8.43. The molecule has 25 heavy (non-hydrogen) atoms. The quantitative estimate of drug-likeness (QED) is 0.597. The number of hydrogen-bond donors (Lipinski definition) is 0. The minimum atomic E-state index is -0.126. The van der Waals surface area contributed by atoms with E-state index in [1.54, 1.807) is 0 Å². The molecule has 0 aromatic heterocycles. The summed E-state index contributed by atoms with van der Waals surface area (Å²) in [5.41, 5.74) is 3.47. The van der Waals surface area contributed by atoms with Crippen molar-refractivity contribution in [1.29, 1.82) is 0 Å². The molecule has 2 nitrogen and oxygen atoms in total. The Balaban J connectivity index is 1.74. The summed E-state index contributed by atoms with van der Waals surface area (Å²) < 4.78 is 6.25. The number of benzene rings is 3. The predicted molar refractivity (Wildman–Crippen MR) is 99.0 cm³/mol. The summed E-state index contributed by atoms with van der Waals surface area (Å²) >= 11 is 0. The van der Waals surface area contributed by atoms with Crippen LogP contribution in [0.1, 0.15) is 34.0 Å². The first-order valence-electron chi connectivity index (χ1n) is 8.43. The van der Waals surface area contributed by atoms with Crippen LogP contribution in [0.2, 0.25) is 0 Å². The average Bonchev–Trinajstić information content (AvgIpc) is 3.15. The van der Waals surface area contributed by atoms with Crippen molar-refractivity contribution >= 4 is 11.5 Å². The molecular weight excluding hydrogens is 308 g/mol. The van der Waals surface area contributed by atoms with Gasteiger partial charge in [0.05, 0.1) is 0 Å². The number of carbonyl (C=O) groups is 1. The van der Waals surface area contributed by atoms with Gasteiger partial charge in [-0.1, -0.05) is 91.0 Å². The Morgan fingerprint density at radius 3 is 1.96 bits per heavy atom. The van der Waals surface area contributed by atoms with Crippen molar-refractivity contribution in [2.75, 3.05) is 0 Å². The van der Waals surface area contributed by atoms with Crippen LogP contribution in [-0.2, 0) is 4.74 Å². The van der Waals surface area contributed by atoms with Gasteiger partial charge in [-0.3, -0.25) is 4.79 Å². The summed E-state index contributed by atoms with van der Waals surface area (Å²) in [6.45, 7) is 0. The molecule has 0 bridgehead atoms. The van der Waals surface area contributed by atoms with E-state index in [0.29, 0.717) is 17.7 Å². The van der Waals surface area contributed by atoms with Crippen LogP contribution in [0.15, 0.2) is 96.6 Å². The molecule has 0 fully saturated rings. The third-order valence-electron chi connectivity index (χ3n) is 4.44. The van der Waals surface area contributed by atoms with E-state index in [0.717, 1.165) is 16.7 Å². The topological polar surface area (TPSA) is 26.3 Å². The van der Waals surface area contributed by atoms with Gasteiger partial charge < -0.3 is 4.74 Å². The van der Waals surface area contributed by atoms with Crippen molar-refractivity contribution in [1.82, 2.24) is 0 Å². The monoisotopic (exact) mass is 326 g/mol. The third-order valence-corrected chi connectivity index (χ3v) is 4.44. The van der Waals surface area contributed by atoms with E-state index in [-0.39, 0.29) is 11.9 Å². The van der Waals surface area contributed by atoms with Crippen molar-refractivity contribution in [3.63, 3.8) is 0 Å². The van der Waals surface area contributed by atoms with E-state index >= 15 is 0 Å². The lowest BCUT2D eigenvalue weighted by molar-refractivity contribution is 0.103. The second-order valence-corrected chi connectivity index (χ2v) is 6.09. The Hall–Kier alpha value is -3.13. The first-order chi connectivity index (χ1) is 12.3. The van der Waals surface area contributed by atoms with Gasteiger partial charge in [0.2, 0.25) is 0 Å². The average molecular weight is 326 g/mol. The lowest BCUT2D eigenvalue weighted by Gasteiger charge is -2.13. The van der Waals surface area contributed by atoms with E-state index in [1.165, 1.54) is 0 Å². The summed E-state index contributed by atoms with van der Waals surface area (Å²) in [6.07, 6.45) is 0.459. The Kier molecular flexibility index (Phi) is 4.17. The van der Waals surface area contributed by atoms with Gasteiger partial charge in [-0.25, -0.2) is 0 Å². The standard InChI is InChI=1S/C23H18O2/c24-22(18-12-6-2-7-13-18)20-16-21(17-10-4-1-5-11-17)25-23(20)19-14-8-3-9-15-19/h1-15,21H,16H2. The highest BCUT2D eigenvalue weighted by Gasteiger charge is 2.32. The van der Waals surface area contributed by atoms with Crippen molar-refractivity contribution in [2.24, 2.45) is 0 Å². The second-order valence-electron chi connectivity index (χ2n) is 6.09. The fourth-order valence-electron chi connectivity index (χ4n) is 3.18. The number of hydrogen-bond acceptors (Lipinski definition) is 2. The Morgan fingerprint density at radius 2 is 1.32 bits per heavy atom. The zero-order valence-electron chi connectivity index (χ0n) is 13.8. The summed E-state index contributed by atoms with van der Waals surface area (Å²) in [5, 5.41) is 0. The molecule has 1 aliphatic heterocycles. The van der Waals surface area contributed by atoms with Gasteiger partial charge in [0.15, 0.2) is 5.78 Å². The minimum Gasteiger partial charge on any atom is -0.484 e. The molecule has 1 atom stereocenters. The van der Waals surface area contributed by atoms with Crippen LogP contribution in [0.3, 0.4) is 0 Å². The normalized spacial score (nSPS) is 16.6. The number of carbonyl (C=O) groups excluding carboxylic acids is 1. The highest BCUT2D eigenvalue weighted by molar-refractivity contribution is 6.13. The molecule has 3 aromatic carbocycles. The van der Waals surface area contributed by atoms with Gasteiger partial charge in [0, 0.05) is 23.1 Å². The van der Waals surface area contributed by atoms with Crippen molar-refractivity contribution < 1.29 is 9.53 Å². The zero-order valence-corrected chi connectivity index (χ0v) is 13.8. The molecule has 0 N–H and O–H groups in total. The molecule has 0 aliphatic carbocycles. The smallest absolute Gasteiger partial charge is 0.192 e. The molecule has 1 aliphatic rings. The van der Waals surface area contributed by atoms with Crippen LogP contribution in [0.5, 0.6) is 0 Å². The van der Waals surface area contributed by atoms with Crippen LogP contribution < -0.4 is 0 Å². The van der Waals surface area contributed by atoms with Crippen LogP contribution in [0.4, 0.5) is 0 Å². The number of ether oxygens (including phenoxy) is 1. The summed E-state index contributed by atoms with van der Waals surface area (Å²) in [6, 6.07) is 29.3. The van der Waals surface area contributed by atoms with E-state index in [1.807, 2.05) is 91.0 Å². The minimum absolute atomic E-state index is 0.0397. The van der Waals surface area contributed by atoms with Crippen LogP contribution >= 0.6 is 0 Å². The SMILES string of the molecule is O=C(C1=C(c2ccccc2)OC(c2ccccc2)C1)c1ccccc1. The highest BCUT2D eigenvalue weighted by atomic mass is 16.5. The highest BCUT2D eigenvalue weighted by Crippen LogP contribution is 2.41. The van der Waals surface area contributed by atoms with Crippen molar-refractivity contribution in [2.45, 2.75) is 12.5 Å². The molecule has 2 heteroatoms. The Morgan fingerprint density at radius 1 is 0.760 bits per heavy atom. The third kappa shape index (κ3) is 3.11. The van der Waals surface area contributed by atoms with Crippen LogP contribution in [-0.4, -0.2) is 5.78 Å². The first kappa shape index (κ1) is 15.4. The molecule has 1 heterocycles. The molecular formula is C23H18O2. The molecule has 0 saturated carbocycles. The Bertz CT molecular complexity index is 897. The molecule has 3 aromatic rings.